The van der Waals surface area contributed by atoms with E-state index in [1.807, 2.05) is 11.3 Å². The maximum atomic E-state index is 5.92. The number of aryl methyl sites for hydroxylation is 1. The van der Waals surface area contributed by atoms with E-state index in [0.29, 0.717) is 5.92 Å². The molecule has 1 aromatic heterocycles. The van der Waals surface area contributed by atoms with E-state index in [0.717, 1.165) is 24.3 Å². The molecule has 0 amide bonds. The number of hydrogen-bond donors (Lipinski definition) is 1. The van der Waals surface area contributed by atoms with Gasteiger partial charge in [0.25, 0.3) is 0 Å². The van der Waals surface area contributed by atoms with Crippen molar-refractivity contribution in [2.24, 2.45) is 17.6 Å². The van der Waals surface area contributed by atoms with Crippen molar-refractivity contribution in [1.82, 2.24) is 4.98 Å². The molecule has 1 heterocycles. The molecule has 20 heavy (non-hydrogen) atoms. The van der Waals surface area contributed by atoms with Gasteiger partial charge in [0.15, 0.2) is 0 Å². The lowest BCUT2D eigenvalue weighted by Gasteiger charge is -2.29. The quantitative estimate of drug-likeness (QED) is 0.893. The van der Waals surface area contributed by atoms with Crippen LogP contribution < -0.4 is 5.73 Å². The average Bonchev–Trinajstić information content (AvgIpc) is 2.91. The van der Waals surface area contributed by atoms with Crippen LogP contribution in [-0.2, 0) is 6.42 Å². The van der Waals surface area contributed by atoms with E-state index in [2.05, 4.69) is 13.8 Å². The Bertz CT molecular complexity index is 444. The molecule has 1 atom stereocenters. The molecule has 0 aliphatic heterocycles. The Morgan fingerprint density at radius 3 is 2.60 bits per heavy atom. The van der Waals surface area contributed by atoms with Crippen molar-refractivity contribution in [1.29, 1.82) is 0 Å². The van der Waals surface area contributed by atoms with Gasteiger partial charge in [0, 0.05) is 23.3 Å². The first kappa shape index (κ1) is 14.5. The summed E-state index contributed by atoms with van der Waals surface area (Å²) in [7, 11) is 0. The molecule has 2 aliphatic rings. The molecule has 3 heteroatoms. The number of hydrogen-bond acceptors (Lipinski definition) is 3. The van der Waals surface area contributed by atoms with Crippen LogP contribution in [0.4, 0.5) is 0 Å². The number of fused-ring (bicyclic) bond motifs is 1. The predicted molar refractivity (Wildman–Crippen MR) is 86.4 cm³/mol. The highest BCUT2D eigenvalue weighted by atomic mass is 32.1. The Balaban J connectivity index is 1.71. The van der Waals surface area contributed by atoms with E-state index >= 15 is 0 Å². The number of nitrogens with two attached hydrogens (primary N) is 1. The summed E-state index contributed by atoms with van der Waals surface area (Å²) in [5.41, 5.74) is 7.29. The molecule has 0 saturated heterocycles. The summed E-state index contributed by atoms with van der Waals surface area (Å²) in [4.78, 5) is 6.58. The minimum atomic E-state index is 0.538. The summed E-state index contributed by atoms with van der Waals surface area (Å²) in [5.74, 6) is 3.06. The lowest BCUT2D eigenvalue weighted by atomic mass is 9.77. The Kier molecular flexibility index (Phi) is 4.46. The second-order valence-corrected chi connectivity index (χ2v) is 8.16. The molecule has 2 N–H and O–H groups in total. The fourth-order valence-electron chi connectivity index (χ4n) is 3.96. The second-order valence-electron chi connectivity index (χ2n) is 7.04. The largest absolute Gasteiger partial charge is 0.330 e. The topological polar surface area (TPSA) is 38.9 Å². The molecule has 0 radical (unpaired) electrons. The van der Waals surface area contributed by atoms with E-state index < -0.39 is 0 Å². The molecule has 1 unspecified atom stereocenters. The Labute approximate surface area is 127 Å². The number of aromatic nitrogens is 1. The van der Waals surface area contributed by atoms with Gasteiger partial charge in [-0.25, -0.2) is 4.98 Å². The van der Waals surface area contributed by atoms with Crippen LogP contribution in [0.1, 0.15) is 79.8 Å². The van der Waals surface area contributed by atoms with Gasteiger partial charge in [0.1, 0.15) is 0 Å². The minimum absolute atomic E-state index is 0.538. The number of thiazole rings is 1. The van der Waals surface area contributed by atoms with Crippen molar-refractivity contribution in [3.63, 3.8) is 0 Å². The van der Waals surface area contributed by atoms with Gasteiger partial charge in [-0.3, -0.25) is 0 Å². The van der Waals surface area contributed by atoms with Crippen LogP contribution in [0.5, 0.6) is 0 Å². The molecule has 0 bridgehead atoms. The lowest BCUT2D eigenvalue weighted by molar-refractivity contribution is 0.258. The maximum Gasteiger partial charge on any atom is 0.0962 e. The molecule has 1 aromatic rings. The van der Waals surface area contributed by atoms with Gasteiger partial charge in [-0.2, -0.15) is 0 Å². The highest BCUT2D eigenvalue weighted by Crippen LogP contribution is 2.43. The summed E-state index contributed by atoms with van der Waals surface area (Å²) in [5, 5.41) is 1.43. The van der Waals surface area contributed by atoms with Gasteiger partial charge < -0.3 is 5.73 Å². The molecule has 0 aromatic carbocycles. The van der Waals surface area contributed by atoms with Crippen molar-refractivity contribution in [2.75, 3.05) is 6.54 Å². The highest BCUT2D eigenvalue weighted by Gasteiger charge is 2.29. The van der Waals surface area contributed by atoms with E-state index in [9.17, 15) is 0 Å². The van der Waals surface area contributed by atoms with Crippen LogP contribution in [0.3, 0.4) is 0 Å². The fraction of sp³-hybridized carbons (Fsp3) is 0.824. The van der Waals surface area contributed by atoms with Gasteiger partial charge in [0.05, 0.1) is 10.7 Å². The fourth-order valence-corrected chi connectivity index (χ4v) is 5.33. The average molecular weight is 292 g/mol. The van der Waals surface area contributed by atoms with E-state index in [1.165, 1.54) is 55.6 Å². The third kappa shape index (κ3) is 2.80. The SMILES string of the molecule is CC(C)C1CCC(c2nc3c(s2)CCCC3CN)CC1. The van der Waals surface area contributed by atoms with E-state index in [4.69, 9.17) is 10.7 Å². The summed E-state index contributed by atoms with van der Waals surface area (Å²) < 4.78 is 0. The van der Waals surface area contributed by atoms with Gasteiger partial charge in [-0.1, -0.05) is 13.8 Å². The predicted octanol–water partition coefficient (Wildman–Crippen LogP) is 4.45. The zero-order chi connectivity index (χ0) is 14.1. The summed E-state index contributed by atoms with van der Waals surface area (Å²) >= 11 is 2.00. The van der Waals surface area contributed by atoms with Crippen LogP contribution in [-0.4, -0.2) is 11.5 Å². The Hall–Kier alpha value is -0.410. The van der Waals surface area contributed by atoms with Crippen molar-refractivity contribution < 1.29 is 0 Å². The van der Waals surface area contributed by atoms with Crippen molar-refractivity contribution in [3.05, 3.63) is 15.6 Å². The first-order chi connectivity index (χ1) is 9.69. The standard InChI is InChI=1S/C17H28N2S/c1-11(2)12-6-8-13(9-7-12)17-19-16-14(10-18)4-3-5-15(16)20-17/h11-14H,3-10,18H2,1-2H3. The van der Waals surface area contributed by atoms with Crippen LogP contribution >= 0.6 is 11.3 Å². The number of rotatable bonds is 3. The van der Waals surface area contributed by atoms with Gasteiger partial charge in [0.2, 0.25) is 0 Å². The smallest absolute Gasteiger partial charge is 0.0962 e. The molecular formula is C17H28N2S. The molecule has 1 saturated carbocycles. The van der Waals surface area contributed by atoms with Gasteiger partial charge >= 0.3 is 0 Å². The normalized spacial score (nSPS) is 30.5. The van der Waals surface area contributed by atoms with Crippen LogP contribution in [0.2, 0.25) is 0 Å². The molecule has 2 aliphatic carbocycles. The van der Waals surface area contributed by atoms with Crippen LogP contribution in [0.25, 0.3) is 0 Å². The molecule has 2 nitrogen and oxygen atoms in total. The highest BCUT2D eigenvalue weighted by molar-refractivity contribution is 7.11. The monoisotopic (exact) mass is 292 g/mol. The van der Waals surface area contributed by atoms with Crippen LogP contribution in [0.15, 0.2) is 0 Å². The first-order valence-corrected chi connectivity index (χ1v) is 9.20. The van der Waals surface area contributed by atoms with Crippen LogP contribution in [0, 0.1) is 11.8 Å². The second kappa shape index (κ2) is 6.15. The summed E-state index contributed by atoms with van der Waals surface area (Å²) in [6.07, 6.45) is 9.28. The summed E-state index contributed by atoms with van der Waals surface area (Å²) in [6, 6.07) is 0. The van der Waals surface area contributed by atoms with Gasteiger partial charge in [-0.15, -0.1) is 11.3 Å². The van der Waals surface area contributed by atoms with Gasteiger partial charge in [-0.05, 0) is 56.8 Å². The zero-order valence-corrected chi connectivity index (χ0v) is 13.7. The maximum absolute atomic E-state index is 5.92. The minimum Gasteiger partial charge on any atom is -0.330 e. The zero-order valence-electron chi connectivity index (χ0n) is 12.9. The van der Waals surface area contributed by atoms with Crippen molar-refractivity contribution >= 4 is 11.3 Å². The summed E-state index contributed by atoms with van der Waals surface area (Å²) in [6.45, 7) is 5.52. The Morgan fingerprint density at radius 2 is 1.95 bits per heavy atom. The molecule has 112 valence electrons. The Morgan fingerprint density at radius 1 is 1.20 bits per heavy atom. The van der Waals surface area contributed by atoms with E-state index in [1.54, 1.807) is 4.88 Å². The third-order valence-electron chi connectivity index (χ3n) is 5.44. The first-order valence-electron chi connectivity index (χ1n) is 8.38. The molecule has 0 spiro atoms. The molecular weight excluding hydrogens is 264 g/mol. The van der Waals surface area contributed by atoms with Crippen molar-refractivity contribution in [3.8, 4) is 0 Å². The lowest BCUT2D eigenvalue weighted by Crippen LogP contribution is -2.18. The third-order valence-corrected chi connectivity index (χ3v) is 6.73. The molecule has 1 fully saturated rings. The molecule has 3 rings (SSSR count). The van der Waals surface area contributed by atoms with Crippen molar-refractivity contribution in [2.45, 2.75) is 70.6 Å². The van der Waals surface area contributed by atoms with E-state index in [-0.39, 0.29) is 0 Å². The number of nitrogens with zero attached hydrogens (tertiary/aromatic N) is 1.